The van der Waals surface area contributed by atoms with Crippen LogP contribution in [0, 0.1) is 5.92 Å². The summed E-state index contributed by atoms with van der Waals surface area (Å²) in [6.45, 7) is 0. The van der Waals surface area contributed by atoms with E-state index >= 15 is 0 Å². The SMILES string of the molecule is CN(C)c1c(Cl)cccc1NC(=O)C1CCCC1O. The molecule has 1 amide bonds. The maximum atomic E-state index is 12.2. The second-order valence-electron chi connectivity index (χ2n) is 5.12. The fourth-order valence-corrected chi connectivity index (χ4v) is 2.89. The molecule has 0 aliphatic heterocycles. The Morgan fingerprint density at radius 1 is 1.42 bits per heavy atom. The van der Waals surface area contributed by atoms with Crippen molar-refractivity contribution in [3.63, 3.8) is 0 Å². The lowest BCUT2D eigenvalue weighted by molar-refractivity contribution is -0.122. The molecule has 19 heavy (non-hydrogen) atoms. The first-order valence-corrected chi connectivity index (χ1v) is 6.83. The molecule has 2 rings (SSSR count). The van der Waals surface area contributed by atoms with Crippen LogP contribution in [0.25, 0.3) is 0 Å². The molecule has 2 atom stereocenters. The quantitative estimate of drug-likeness (QED) is 0.896. The summed E-state index contributed by atoms with van der Waals surface area (Å²) in [6, 6.07) is 5.41. The third kappa shape index (κ3) is 3.01. The van der Waals surface area contributed by atoms with Crippen LogP contribution in [0.4, 0.5) is 11.4 Å². The van der Waals surface area contributed by atoms with E-state index in [0.717, 1.165) is 18.5 Å². The van der Waals surface area contributed by atoms with E-state index in [9.17, 15) is 9.90 Å². The van der Waals surface area contributed by atoms with Gasteiger partial charge in [0.25, 0.3) is 0 Å². The van der Waals surface area contributed by atoms with Crippen molar-refractivity contribution in [3.05, 3.63) is 23.2 Å². The average molecular weight is 283 g/mol. The Bertz CT molecular complexity index is 477. The molecule has 1 aromatic carbocycles. The normalized spacial score (nSPS) is 22.3. The first-order valence-electron chi connectivity index (χ1n) is 6.45. The third-order valence-electron chi connectivity index (χ3n) is 3.51. The van der Waals surface area contributed by atoms with Crippen molar-refractivity contribution in [2.75, 3.05) is 24.3 Å². The number of aliphatic hydroxyl groups excluding tert-OH is 1. The largest absolute Gasteiger partial charge is 0.392 e. The van der Waals surface area contributed by atoms with E-state index in [0.29, 0.717) is 17.1 Å². The van der Waals surface area contributed by atoms with Gasteiger partial charge < -0.3 is 15.3 Å². The molecule has 1 aliphatic rings. The first kappa shape index (κ1) is 14.2. The van der Waals surface area contributed by atoms with Crippen LogP contribution >= 0.6 is 11.6 Å². The molecule has 1 aromatic rings. The van der Waals surface area contributed by atoms with Crippen molar-refractivity contribution in [3.8, 4) is 0 Å². The Hall–Kier alpha value is -1.26. The van der Waals surface area contributed by atoms with E-state index in [1.165, 1.54) is 0 Å². The zero-order chi connectivity index (χ0) is 14.0. The number of nitrogens with zero attached hydrogens (tertiary/aromatic N) is 1. The molecule has 1 fully saturated rings. The lowest BCUT2D eigenvalue weighted by Crippen LogP contribution is -2.29. The van der Waals surface area contributed by atoms with Crippen molar-refractivity contribution < 1.29 is 9.90 Å². The summed E-state index contributed by atoms with van der Waals surface area (Å²) >= 11 is 6.15. The van der Waals surface area contributed by atoms with Gasteiger partial charge in [-0.15, -0.1) is 0 Å². The fraction of sp³-hybridized carbons (Fsp3) is 0.500. The van der Waals surface area contributed by atoms with Crippen LogP contribution in [0.5, 0.6) is 0 Å². The highest BCUT2D eigenvalue weighted by atomic mass is 35.5. The van der Waals surface area contributed by atoms with Crippen LogP contribution in [0.1, 0.15) is 19.3 Å². The molecule has 0 heterocycles. The van der Waals surface area contributed by atoms with Crippen LogP contribution in [-0.2, 0) is 4.79 Å². The first-order chi connectivity index (χ1) is 9.00. The molecule has 0 radical (unpaired) electrons. The molecule has 2 N–H and O–H groups in total. The molecule has 0 saturated heterocycles. The monoisotopic (exact) mass is 282 g/mol. The van der Waals surface area contributed by atoms with Gasteiger partial charge in [0.15, 0.2) is 0 Å². The van der Waals surface area contributed by atoms with Gasteiger partial charge in [-0.3, -0.25) is 4.79 Å². The average Bonchev–Trinajstić information content (AvgIpc) is 2.75. The van der Waals surface area contributed by atoms with Crippen LogP contribution in [0.2, 0.25) is 5.02 Å². The Morgan fingerprint density at radius 2 is 2.16 bits per heavy atom. The number of carbonyl (C=O) groups is 1. The summed E-state index contributed by atoms with van der Waals surface area (Å²) in [4.78, 5) is 14.0. The van der Waals surface area contributed by atoms with Gasteiger partial charge in [0.2, 0.25) is 5.91 Å². The van der Waals surface area contributed by atoms with Gasteiger partial charge in [-0.1, -0.05) is 17.7 Å². The zero-order valence-electron chi connectivity index (χ0n) is 11.2. The number of hydrogen-bond donors (Lipinski definition) is 2. The minimum absolute atomic E-state index is 0.129. The number of para-hydroxylation sites is 1. The third-order valence-corrected chi connectivity index (χ3v) is 3.81. The molecule has 0 spiro atoms. The maximum Gasteiger partial charge on any atom is 0.230 e. The number of aliphatic hydroxyl groups is 1. The lowest BCUT2D eigenvalue weighted by Gasteiger charge is -2.21. The predicted octanol–water partition coefficient (Wildman–Crippen LogP) is 2.51. The second-order valence-corrected chi connectivity index (χ2v) is 5.53. The second kappa shape index (κ2) is 5.80. The Labute approximate surface area is 118 Å². The van der Waals surface area contributed by atoms with E-state index in [4.69, 9.17) is 11.6 Å². The van der Waals surface area contributed by atoms with Gasteiger partial charge in [0, 0.05) is 14.1 Å². The van der Waals surface area contributed by atoms with Crippen molar-refractivity contribution in [2.24, 2.45) is 5.92 Å². The summed E-state index contributed by atoms with van der Waals surface area (Å²) in [5.74, 6) is -0.440. The molecule has 1 aliphatic carbocycles. The maximum absolute atomic E-state index is 12.2. The van der Waals surface area contributed by atoms with Gasteiger partial charge in [-0.05, 0) is 31.4 Å². The van der Waals surface area contributed by atoms with Crippen LogP contribution < -0.4 is 10.2 Å². The lowest BCUT2D eigenvalue weighted by atomic mass is 10.1. The minimum atomic E-state index is -0.526. The van der Waals surface area contributed by atoms with E-state index in [2.05, 4.69) is 5.32 Å². The number of rotatable bonds is 3. The van der Waals surface area contributed by atoms with E-state index < -0.39 is 6.10 Å². The van der Waals surface area contributed by atoms with E-state index in [-0.39, 0.29) is 11.8 Å². The smallest absolute Gasteiger partial charge is 0.230 e. The highest BCUT2D eigenvalue weighted by molar-refractivity contribution is 6.34. The molecule has 104 valence electrons. The highest BCUT2D eigenvalue weighted by Gasteiger charge is 2.31. The van der Waals surface area contributed by atoms with Gasteiger partial charge in [-0.2, -0.15) is 0 Å². The van der Waals surface area contributed by atoms with Crippen molar-refractivity contribution >= 4 is 28.9 Å². The molecule has 2 unspecified atom stereocenters. The predicted molar refractivity (Wildman–Crippen MR) is 77.8 cm³/mol. The number of anilines is 2. The molecular formula is C14H19ClN2O2. The van der Waals surface area contributed by atoms with Crippen LogP contribution in [0.3, 0.4) is 0 Å². The summed E-state index contributed by atoms with van der Waals surface area (Å²) in [5, 5.41) is 13.2. The van der Waals surface area contributed by atoms with E-state index in [1.54, 1.807) is 12.1 Å². The molecule has 4 nitrogen and oxygen atoms in total. The van der Waals surface area contributed by atoms with Gasteiger partial charge in [-0.25, -0.2) is 0 Å². The number of carbonyl (C=O) groups excluding carboxylic acids is 1. The summed E-state index contributed by atoms with van der Waals surface area (Å²) in [7, 11) is 3.75. The van der Waals surface area contributed by atoms with Gasteiger partial charge >= 0.3 is 0 Å². The van der Waals surface area contributed by atoms with Crippen LogP contribution in [-0.4, -0.2) is 31.2 Å². The van der Waals surface area contributed by atoms with E-state index in [1.807, 2.05) is 25.1 Å². The summed E-state index contributed by atoms with van der Waals surface area (Å²) in [5.41, 5.74) is 1.46. The molecule has 0 aromatic heterocycles. The van der Waals surface area contributed by atoms with Gasteiger partial charge in [0.05, 0.1) is 28.4 Å². The summed E-state index contributed by atoms with van der Waals surface area (Å²) < 4.78 is 0. The van der Waals surface area contributed by atoms with Crippen molar-refractivity contribution in [1.82, 2.24) is 0 Å². The topological polar surface area (TPSA) is 52.6 Å². The number of amides is 1. The number of benzene rings is 1. The Balaban J connectivity index is 2.19. The molecule has 1 saturated carbocycles. The molecule has 5 heteroatoms. The van der Waals surface area contributed by atoms with Crippen molar-refractivity contribution in [2.45, 2.75) is 25.4 Å². The zero-order valence-corrected chi connectivity index (χ0v) is 11.9. The Morgan fingerprint density at radius 3 is 2.74 bits per heavy atom. The molecule has 0 bridgehead atoms. The minimum Gasteiger partial charge on any atom is -0.392 e. The number of hydrogen-bond acceptors (Lipinski definition) is 3. The molecular weight excluding hydrogens is 264 g/mol. The Kier molecular flexibility index (Phi) is 4.32. The number of nitrogens with one attached hydrogen (secondary N) is 1. The van der Waals surface area contributed by atoms with Crippen molar-refractivity contribution in [1.29, 1.82) is 0 Å². The number of halogens is 1. The van der Waals surface area contributed by atoms with Crippen LogP contribution in [0.15, 0.2) is 18.2 Å². The van der Waals surface area contributed by atoms with Gasteiger partial charge in [0.1, 0.15) is 0 Å². The highest BCUT2D eigenvalue weighted by Crippen LogP contribution is 2.34. The fourth-order valence-electron chi connectivity index (χ4n) is 2.54. The summed E-state index contributed by atoms with van der Waals surface area (Å²) in [6.07, 6.45) is 1.82. The standard InChI is InChI=1S/C14H19ClN2O2/c1-17(2)13-10(15)6-4-7-11(13)16-14(19)9-5-3-8-12(9)18/h4,6-7,9,12,18H,3,5,8H2,1-2H3,(H,16,19).